The first-order valence-corrected chi connectivity index (χ1v) is 13.7. The fourth-order valence-corrected chi connectivity index (χ4v) is 6.10. The van der Waals surface area contributed by atoms with Crippen molar-refractivity contribution in [2.45, 2.75) is 69.4 Å². The van der Waals surface area contributed by atoms with Gasteiger partial charge in [-0.3, -0.25) is 9.29 Å². The van der Waals surface area contributed by atoms with E-state index in [0.29, 0.717) is 56.0 Å². The van der Waals surface area contributed by atoms with Crippen LogP contribution in [-0.4, -0.2) is 50.7 Å². The third-order valence-electron chi connectivity index (χ3n) is 6.35. The number of aromatic nitrogens is 1. The summed E-state index contributed by atoms with van der Waals surface area (Å²) in [5, 5.41) is 2.64. The van der Waals surface area contributed by atoms with E-state index in [-0.39, 0.29) is 11.8 Å². The highest BCUT2D eigenvalue weighted by Crippen LogP contribution is 2.37. The van der Waals surface area contributed by atoms with Crippen LogP contribution in [0.2, 0.25) is 0 Å². The minimum atomic E-state index is -3.57. The van der Waals surface area contributed by atoms with Gasteiger partial charge in [0, 0.05) is 19.4 Å². The molecule has 1 aliphatic heterocycles. The van der Waals surface area contributed by atoms with Gasteiger partial charge in [0.25, 0.3) is 0 Å². The first kappa shape index (κ1) is 26.2. The van der Waals surface area contributed by atoms with Gasteiger partial charge in [0.15, 0.2) is 0 Å². The van der Waals surface area contributed by atoms with Gasteiger partial charge in [-0.05, 0) is 76.3 Å². The second kappa shape index (κ2) is 10.3. The van der Waals surface area contributed by atoms with E-state index in [4.69, 9.17) is 14.2 Å². The number of rotatable bonds is 8. The molecule has 0 unspecified atom stereocenters. The lowest BCUT2D eigenvalue weighted by atomic mass is 9.86. The van der Waals surface area contributed by atoms with Crippen LogP contribution < -0.4 is 14.4 Å². The number of carbonyl (C=O) groups excluding carboxylic acids is 1. The Morgan fingerprint density at radius 2 is 1.83 bits per heavy atom. The van der Waals surface area contributed by atoms with Crippen LogP contribution in [0.3, 0.4) is 0 Å². The van der Waals surface area contributed by atoms with Crippen molar-refractivity contribution < 1.29 is 27.4 Å². The second-order valence-electron chi connectivity index (χ2n) is 10.3. The zero-order valence-electron chi connectivity index (χ0n) is 21.3. The zero-order chi connectivity index (χ0) is 26.0. The van der Waals surface area contributed by atoms with Crippen LogP contribution in [0.1, 0.15) is 57.7 Å². The molecule has 1 aromatic carbocycles. The molecular formula is C26H35N3O6S. The highest BCUT2D eigenvalue weighted by molar-refractivity contribution is 7.93. The number of pyridine rings is 1. The van der Waals surface area contributed by atoms with Gasteiger partial charge in [0.1, 0.15) is 11.4 Å². The van der Waals surface area contributed by atoms with Gasteiger partial charge in [0.05, 0.1) is 35.8 Å². The Kier molecular flexibility index (Phi) is 7.47. The van der Waals surface area contributed by atoms with Crippen molar-refractivity contribution in [2.75, 3.05) is 24.6 Å². The molecule has 0 bridgehead atoms. The summed E-state index contributed by atoms with van der Waals surface area (Å²) >= 11 is 0. The van der Waals surface area contributed by atoms with Crippen molar-refractivity contribution in [2.24, 2.45) is 0 Å². The summed E-state index contributed by atoms with van der Waals surface area (Å²) in [6.07, 6.45) is 3.36. The summed E-state index contributed by atoms with van der Waals surface area (Å²) in [5.74, 6) is 0.705. The predicted octanol–water partition coefficient (Wildman–Crippen LogP) is 4.12. The monoisotopic (exact) mass is 517 g/mol. The van der Waals surface area contributed by atoms with Gasteiger partial charge >= 0.3 is 6.09 Å². The van der Waals surface area contributed by atoms with Crippen LogP contribution in [0, 0.1) is 0 Å². The molecule has 2 aliphatic rings. The van der Waals surface area contributed by atoms with Gasteiger partial charge in [0.2, 0.25) is 10.0 Å². The molecular weight excluding hydrogens is 482 g/mol. The summed E-state index contributed by atoms with van der Waals surface area (Å²) < 4.78 is 44.8. The van der Waals surface area contributed by atoms with Gasteiger partial charge in [-0.1, -0.05) is 12.1 Å². The molecule has 0 atom stereocenters. The van der Waals surface area contributed by atoms with Gasteiger partial charge in [-0.2, -0.15) is 0 Å². The minimum Gasteiger partial charge on any atom is -0.497 e. The first-order chi connectivity index (χ1) is 17.0. The van der Waals surface area contributed by atoms with Crippen molar-refractivity contribution in [1.29, 1.82) is 0 Å². The summed E-state index contributed by atoms with van der Waals surface area (Å²) in [7, 11) is -1.98. The van der Waals surface area contributed by atoms with Gasteiger partial charge in [-0.25, -0.2) is 13.2 Å². The maximum absolute atomic E-state index is 13.5. The molecule has 2 fully saturated rings. The van der Waals surface area contributed by atoms with E-state index in [2.05, 4.69) is 10.3 Å². The lowest BCUT2D eigenvalue weighted by Gasteiger charge is -2.38. The van der Waals surface area contributed by atoms with E-state index in [1.807, 2.05) is 45.0 Å². The van der Waals surface area contributed by atoms with E-state index < -0.39 is 27.3 Å². The third-order valence-corrected chi connectivity index (χ3v) is 8.61. The number of anilines is 1. The van der Waals surface area contributed by atoms with Crippen LogP contribution in [-0.2, 0) is 31.6 Å². The summed E-state index contributed by atoms with van der Waals surface area (Å²) in [4.78, 5) is 17.3. The summed E-state index contributed by atoms with van der Waals surface area (Å²) in [6, 6.07) is 10.8. The SMILES string of the molecule is COc1ccc(CN(c2ccnc(C3(NC(=O)OC(C)(C)C)CCOCC3)c2)S(=O)(=O)C2CC2)cc1. The molecule has 9 nitrogen and oxygen atoms in total. The molecule has 4 rings (SSSR count). The van der Waals surface area contributed by atoms with Crippen molar-refractivity contribution >= 4 is 21.8 Å². The zero-order valence-corrected chi connectivity index (χ0v) is 22.1. The summed E-state index contributed by atoms with van der Waals surface area (Å²) in [5.41, 5.74) is 0.454. The maximum Gasteiger partial charge on any atom is 0.408 e. The standard InChI is InChI=1S/C26H35N3O6S/c1-25(2,3)35-24(30)28-26(12-15-34-16-13-26)23-17-20(11-14-27-23)29(36(31,32)22-9-10-22)18-19-5-7-21(33-4)8-6-19/h5-8,11,14,17,22H,9-10,12-13,15-16,18H2,1-4H3,(H,28,30). The Morgan fingerprint density at radius 3 is 2.42 bits per heavy atom. The minimum absolute atomic E-state index is 0.182. The predicted molar refractivity (Wildman–Crippen MR) is 136 cm³/mol. The molecule has 1 saturated heterocycles. The fourth-order valence-electron chi connectivity index (χ4n) is 4.27. The Labute approximate surface area is 213 Å². The molecule has 36 heavy (non-hydrogen) atoms. The average molecular weight is 518 g/mol. The summed E-state index contributed by atoms with van der Waals surface area (Å²) in [6.45, 7) is 6.49. The molecule has 1 aliphatic carbocycles. The van der Waals surface area contributed by atoms with Crippen LogP contribution in [0.5, 0.6) is 5.75 Å². The van der Waals surface area contributed by atoms with Crippen LogP contribution in [0.25, 0.3) is 0 Å². The Balaban J connectivity index is 1.69. The number of nitrogens with zero attached hydrogens (tertiary/aromatic N) is 2. The number of amides is 1. The average Bonchev–Trinajstić information content (AvgIpc) is 3.68. The number of alkyl carbamates (subject to hydrolysis) is 1. The number of ether oxygens (including phenoxy) is 3. The molecule has 0 spiro atoms. The quantitative estimate of drug-likeness (QED) is 0.561. The lowest BCUT2D eigenvalue weighted by Crippen LogP contribution is -2.51. The molecule has 2 aromatic rings. The molecule has 10 heteroatoms. The molecule has 1 amide bonds. The third kappa shape index (κ3) is 6.10. The van der Waals surface area contributed by atoms with E-state index in [1.54, 1.807) is 25.4 Å². The highest BCUT2D eigenvalue weighted by atomic mass is 32.2. The van der Waals surface area contributed by atoms with Crippen LogP contribution >= 0.6 is 0 Å². The van der Waals surface area contributed by atoms with E-state index in [9.17, 15) is 13.2 Å². The number of sulfonamides is 1. The van der Waals surface area contributed by atoms with E-state index in [1.165, 1.54) is 4.31 Å². The topological polar surface area (TPSA) is 107 Å². The number of hydrogen-bond acceptors (Lipinski definition) is 7. The molecule has 1 saturated carbocycles. The Bertz CT molecular complexity index is 1170. The smallest absolute Gasteiger partial charge is 0.408 e. The lowest BCUT2D eigenvalue weighted by molar-refractivity contribution is 0.0145. The maximum atomic E-state index is 13.5. The molecule has 2 heterocycles. The second-order valence-corrected chi connectivity index (χ2v) is 12.5. The normalized spacial score (nSPS) is 17.8. The number of hydrogen-bond donors (Lipinski definition) is 1. The van der Waals surface area contributed by atoms with Gasteiger partial charge in [-0.15, -0.1) is 0 Å². The number of carbonyl (C=O) groups is 1. The first-order valence-electron chi connectivity index (χ1n) is 12.2. The van der Waals surface area contributed by atoms with Crippen molar-refractivity contribution in [3.05, 3.63) is 53.9 Å². The molecule has 0 radical (unpaired) electrons. The highest BCUT2D eigenvalue weighted by Gasteiger charge is 2.42. The van der Waals surface area contributed by atoms with Crippen LogP contribution in [0.15, 0.2) is 42.6 Å². The van der Waals surface area contributed by atoms with Crippen molar-refractivity contribution in [3.63, 3.8) is 0 Å². The Hall–Kier alpha value is -2.85. The molecule has 1 N–H and O–H groups in total. The molecule has 1 aromatic heterocycles. The fraction of sp³-hybridized carbons (Fsp3) is 0.538. The Morgan fingerprint density at radius 1 is 1.17 bits per heavy atom. The number of nitrogens with one attached hydrogen (secondary N) is 1. The molecule has 196 valence electrons. The van der Waals surface area contributed by atoms with Crippen LogP contribution in [0.4, 0.5) is 10.5 Å². The van der Waals surface area contributed by atoms with E-state index in [0.717, 1.165) is 5.56 Å². The van der Waals surface area contributed by atoms with Gasteiger partial charge < -0.3 is 19.5 Å². The number of methoxy groups -OCH3 is 1. The largest absolute Gasteiger partial charge is 0.497 e. The van der Waals surface area contributed by atoms with Crippen molar-refractivity contribution in [1.82, 2.24) is 10.3 Å². The van der Waals surface area contributed by atoms with Crippen molar-refractivity contribution in [3.8, 4) is 5.75 Å². The number of benzene rings is 1. The van der Waals surface area contributed by atoms with E-state index >= 15 is 0 Å².